The van der Waals surface area contributed by atoms with Crippen molar-refractivity contribution in [3.8, 4) is 17.3 Å². The van der Waals surface area contributed by atoms with Crippen LogP contribution in [0.25, 0.3) is 5.69 Å². The molecule has 0 unspecified atom stereocenters. The zero-order chi connectivity index (χ0) is 19.8. The lowest BCUT2D eigenvalue weighted by molar-refractivity contribution is -0.274. The van der Waals surface area contributed by atoms with Crippen LogP contribution in [0, 0.1) is 6.92 Å². The number of benzene rings is 1. The van der Waals surface area contributed by atoms with E-state index in [4.69, 9.17) is 11.6 Å². The minimum absolute atomic E-state index is 0.0991. The quantitative estimate of drug-likeness (QED) is 0.727. The van der Waals surface area contributed by atoms with Crippen LogP contribution in [-0.4, -0.2) is 25.6 Å². The number of rotatable bonds is 4. The largest absolute Gasteiger partial charge is 0.573 e. The third-order valence-electron chi connectivity index (χ3n) is 3.88. The van der Waals surface area contributed by atoms with Gasteiger partial charge in [0, 0.05) is 12.4 Å². The van der Waals surface area contributed by atoms with Crippen molar-refractivity contribution in [1.82, 2.24) is 14.1 Å². The van der Waals surface area contributed by atoms with Gasteiger partial charge in [-0.05, 0) is 42.8 Å². The highest BCUT2D eigenvalue weighted by Gasteiger charge is 2.31. The monoisotopic (exact) mass is 399 g/mol. The van der Waals surface area contributed by atoms with E-state index >= 15 is 0 Å². The summed E-state index contributed by atoms with van der Waals surface area (Å²) >= 11 is 6.06. The molecule has 0 amide bonds. The van der Waals surface area contributed by atoms with Gasteiger partial charge >= 0.3 is 12.1 Å². The summed E-state index contributed by atoms with van der Waals surface area (Å²) in [5, 5.41) is 10.7. The van der Waals surface area contributed by atoms with Gasteiger partial charge in [-0.1, -0.05) is 11.6 Å². The van der Waals surface area contributed by atoms with Gasteiger partial charge < -0.3 is 9.84 Å². The van der Waals surface area contributed by atoms with Gasteiger partial charge in [0.1, 0.15) is 5.75 Å². The maximum absolute atomic E-state index is 12.7. The zero-order valence-electron chi connectivity index (χ0n) is 13.9. The highest BCUT2D eigenvalue weighted by atomic mass is 35.5. The molecule has 0 saturated carbocycles. The van der Waals surface area contributed by atoms with Crippen LogP contribution in [0.15, 0.2) is 47.5 Å². The molecule has 1 aromatic carbocycles. The Labute approximate surface area is 156 Å². The minimum atomic E-state index is -4.82. The van der Waals surface area contributed by atoms with E-state index in [9.17, 15) is 23.1 Å². The van der Waals surface area contributed by atoms with E-state index < -0.39 is 17.8 Å². The lowest BCUT2D eigenvalue weighted by Crippen LogP contribution is -2.24. The van der Waals surface area contributed by atoms with Gasteiger partial charge in [-0.3, -0.25) is 9.55 Å². The Morgan fingerprint density at radius 3 is 2.48 bits per heavy atom. The molecule has 0 spiro atoms. The van der Waals surface area contributed by atoms with Crippen molar-refractivity contribution in [3.63, 3.8) is 0 Å². The summed E-state index contributed by atoms with van der Waals surface area (Å²) in [6.07, 6.45) is -1.85. The smallest absolute Gasteiger partial charge is 0.493 e. The molecule has 3 aromatic rings. The van der Waals surface area contributed by atoms with E-state index in [0.29, 0.717) is 10.6 Å². The molecule has 0 bridgehead atoms. The van der Waals surface area contributed by atoms with E-state index in [1.807, 2.05) is 0 Å². The summed E-state index contributed by atoms with van der Waals surface area (Å²) in [5.41, 5.74) is 0.531. The fourth-order valence-electron chi connectivity index (χ4n) is 2.56. The van der Waals surface area contributed by atoms with Crippen LogP contribution in [0.5, 0.6) is 11.6 Å². The van der Waals surface area contributed by atoms with E-state index in [2.05, 4.69) is 9.72 Å². The molecule has 0 radical (unpaired) electrons. The second-order valence-corrected chi connectivity index (χ2v) is 6.03. The number of hydrogen-bond acceptors (Lipinski definition) is 4. The summed E-state index contributed by atoms with van der Waals surface area (Å²) in [6.45, 7) is 1.64. The highest BCUT2D eigenvalue weighted by Crippen LogP contribution is 2.26. The molecule has 1 N–H and O–H groups in total. The lowest BCUT2D eigenvalue weighted by atomic mass is 10.2. The van der Waals surface area contributed by atoms with Crippen LogP contribution in [0.1, 0.15) is 11.3 Å². The molecular formula is C17H13ClF3N3O3. The third-order valence-corrected chi connectivity index (χ3v) is 4.22. The third kappa shape index (κ3) is 3.92. The van der Waals surface area contributed by atoms with E-state index in [1.54, 1.807) is 13.0 Å². The Balaban J connectivity index is 1.98. The van der Waals surface area contributed by atoms with E-state index in [0.717, 1.165) is 16.7 Å². The van der Waals surface area contributed by atoms with E-state index in [-0.39, 0.29) is 23.8 Å². The maximum atomic E-state index is 12.7. The Hall–Kier alpha value is -2.94. The molecule has 6 nitrogen and oxygen atoms in total. The highest BCUT2D eigenvalue weighted by molar-refractivity contribution is 6.31. The standard InChI is InChI=1S/C17H13ClF3N3O3/c1-10-15(25)24(12-2-4-13(5-3-12)27-17(19,20)21)16(26)23(10)9-11-6-7-22-8-14(11)18/h2-8,25H,9H2,1H3. The van der Waals surface area contributed by atoms with E-state index in [1.165, 1.54) is 29.1 Å². The van der Waals surface area contributed by atoms with Gasteiger partial charge in [0.05, 0.1) is 22.9 Å². The first-order valence-electron chi connectivity index (χ1n) is 7.63. The Bertz CT molecular complexity index is 1030. The molecule has 0 aliphatic carbocycles. The average molecular weight is 400 g/mol. The number of nitrogens with zero attached hydrogens (tertiary/aromatic N) is 3. The predicted octanol–water partition coefficient (Wildman–Crippen LogP) is 3.65. The average Bonchev–Trinajstić information content (AvgIpc) is 2.80. The minimum Gasteiger partial charge on any atom is -0.493 e. The number of hydrogen-bond donors (Lipinski definition) is 1. The van der Waals surface area contributed by atoms with Crippen molar-refractivity contribution in [1.29, 1.82) is 0 Å². The summed E-state index contributed by atoms with van der Waals surface area (Å²) < 4.78 is 42.8. The fraction of sp³-hybridized carbons (Fsp3) is 0.176. The van der Waals surface area contributed by atoms with Crippen molar-refractivity contribution < 1.29 is 23.0 Å². The zero-order valence-corrected chi connectivity index (χ0v) is 14.6. The Morgan fingerprint density at radius 2 is 1.89 bits per heavy atom. The predicted molar refractivity (Wildman–Crippen MR) is 91.5 cm³/mol. The van der Waals surface area contributed by atoms with Crippen LogP contribution < -0.4 is 10.4 Å². The van der Waals surface area contributed by atoms with Gasteiger partial charge in [-0.15, -0.1) is 13.2 Å². The molecule has 0 aliphatic rings. The lowest BCUT2D eigenvalue weighted by Gasteiger charge is -2.09. The number of aromatic nitrogens is 3. The van der Waals surface area contributed by atoms with Crippen LogP contribution in [0.4, 0.5) is 13.2 Å². The molecule has 10 heteroatoms. The number of pyridine rings is 1. The van der Waals surface area contributed by atoms with Crippen LogP contribution >= 0.6 is 11.6 Å². The van der Waals surface area contributed by atoms with Crippen molar-refractivity contribution in [2.45, 2.75) is 19.8 Å². The summed E-state index contributed by atoms with van der Waals surface area (Å²) in [7, 11) is 0. The Kier molecular flexibility index (Phi) is 4.88. The first-order chi connectivity index (χ1) is 12.7. The molecule has 0 saturated heterocycles. The van der Waals surface area contributed by atoms with Crippen LogP contribution in [-0.2, 0) is 6.54 Å². The number of alkyl halides is 3. The number of aromatic hydroxyl groups is 1. The molecular weight excluding hydrogens is 387 g/mol. The SMILES string of the molecule is Cc1c(O)n(-c2ccc(OC(F)(F)F)cc2)c(=O)n1Cc1ccncc1Cl. The van der Waals surface area contributed by atoms with Crippen molar-refractivity contribution >= 4 is 11.6 Å². The van der Waals surface area contributed by atoms with Crippen molar-refractivity contribution in [3.05, 3.63) is 69.5 Å². The second-order valence-electron chi connectivity index (χ2n) is 5.62. The van der Waals surface area contributed by atoms with Crippen LogP contribution in [0.2, 0.25) is 5.02 Å². The molecule has 2 heterocycles. The summed E-state index contributed by atoms with van der Waals surface area (Å²) in [5.74, 6) is -0.756. The number of halogens is 4. The number of ether oxygens (including phenoxy) is 1. The van der Waals surface area contributed by atoms with Crippen molar-refractivity contribution in [2.24, 2.45) is 0 Å². The molecule has 0 aliphatic heterocycles. The van der Waals surface area contributed by atoms with Gasteiger partial charge in [-0.2, -0.15) is 0 Å². The molecule has 27 heavy (non-hydrogen) atoms. The van der Waals surface area contributed by atoms with Gasteiger partial charge in [0.15, 0.2) is 0 Å². The fourth-order valence-corrected chi connectivity index (χ4v) is 2.73. The second kappa shape index (κ2) is 6.99. The number of imidazole rings is 1. The molecule has 0 fully saturated rings. The summed E-state index contributed by atoms with van der Waals surface area (Å²) in [6, 6.07) is 6.24. The molecule has 142 valence electrons. The molecule has 0 atom stereocenters. The topological polar surface area (TPSA) is 69.3 Å². The van der Waals surface area contributed by atoms with Crippen LogP contribution in [0.3, 0.4) is 0 Å². The molecule has 2 aromatic heterocycles. The van der Waals surface area contributed by atoms with Crippen molar-refractivity contribution in [2.75, 3.05) is 0 Å². The van der Waals surface area contributed by atoms with Gasteiger partial charge in [0.25, 0.3) is 0 Å². The maximum Gasteiger partial charge on any atom is 0.573 e. The first-order valence-corrected chi connectivity index (χ1v) is 8.01. The summed E-state index contributed by atoms with van der Waals surface area (Å²) in [4.78, 5) is 16.6. The van der Waals surface area contributed by atoms with Gasteiger partial charge in [-0.25, -0.2) is 9.36 Å². The van der Waals surface area contributed by atoms with Gasteiger partial charge in [0.2, 0.25) is 5.88 Å². The normalized spacial score (nSPS) is 11.6. The Morgan fingerprint density at radius 1 is 1.22 bits per heavy atom. The molecule has 3 rings (SSSR count). The first kappa shape index (κ1) is 18.8.